The second kappa shape index (κ2) is 3.62. The van der Waals surface area contributed by atoms with Gasteiger partial charge in [-0.3, -0.25) is 0 Å². The number of rotatable bonds is 1. The number of hydrogen-bond donors (Lipinski definition) is 0. The van der Waals surface area contributed by atoms with Gasteiger partial charge in [0.05, 0.1) is 0 Å². The van der Waals surface area contributed by atoms with Crippen LogP contribution in [0.1, 0.15) is 19.4 Å². The van der Waals surface area contributed by atoms with E-state index in [1.54, 1.807) is 6.07 Å². The summed E-state index contributed by atoms with van der Waals surface area (Å²) in [5.74, 6) is 1.34. The van der Waals surface area contributed by atoms with Crippen LogP contribution in [0.15, 0.2) is 33.5 Å². The van der Waals surface area contributed by atoms with Gasteiger partial charge in [0.25, 0.3) is 0 Å². The predicted molar refractivity (Wildman–Crippen MR) is 65.4 cm³/mol. The van der Waals surface area contributed by atoms with Crippen LogP contribution >= 0.6 is 0 Å². The van der Waals surface area contributed by atoms with Crippen LogP contribution in [0.25, 0.3) is 11.0 Å². The van der Waals surface area contributed by atoms with E-state index in [1.807, 2.05) is 6.07 Å². The number of ether oxygens (including phenoxy) is 1. The Bertz CT molecular complexity index is 625. The highest BCUT2D eigenvalue weighted by molar-refractivity contribution is 5.79. The lowest BCUT2D eigenvalue weighted by molar-refractivity contribution is 0.179. The van der Waals surface area contributed by atoms with Gasteiger partial charge >= 0.3 is 5.63 Å². The van der Waals surface area contributed by atoms with Crippen LogP contribution in [0.4, 0.5) is 0 Å². The smallest absolute Gasteiger partial charge is 0.336 e. The third-order valence-corrected chi connectivity index (χ3v) is 3.25. The Balaban J connectivity index is 2.12. The molecular formula is C14H14O3. The topological polar surface area (TPSA) is 39.4 Å². The molecule has 0 amide bonds. The van der Waals surface area contributed by atoms with Crippen molar-refractivity contribution in [1.29, 1.82) is 0 Å². The van der Waals surface area contributed by atoms with Crippen LogP contribution in [0.5, 0.6) is 5.75 Å². The Morgan fingerprint density at radius 3 is 2.88 bits per heavy atom. The van der Waals surface area contributed by atoms with Crippen LogP contribution in [0.3, 0.4) is 0 Å². The summed E-state index contributed by atoms with van der Waals surface area (Å²) in [6.45, 7) is 4.30. The van der Waals surface area contributed by atoms with E-state index in [1.165, 1.54) is 11.6 Å². The molecule has 2 heterocycles. The van der Waals surface area contributed by atoms with Gasteiger partial charge in [0.15, 0.2) is 0 Å². The van der Waals surface area contributed by atoms with E-state index in [4.69, 9.17) is 9.15 Å². The first-order valence-electron chi connectivity index (χ1n) is 5.87. The Kier molecular flexibility index (Phi) is 2.21. The lowest BCUT2D eigenvalue weighted by Crippen LogP contribution is -2.19. The van der Waals surface area contributed by atoms with Crippen molar-refractivity contribution >= 4 is 11.0 Å². The molecule has 1 aromatic carbocycles. The molecule has 0 saturated carbocycles. The van der Waals surface area contributed by atoms with Crippen LogP contribution in [-0.2, 0) is 6.42 Å². The van der Waals surface area contributed by atoms with Gasteiger partial charge in [0, 0.05) is 23.9 Å². The maximum Gasteiger partial charge on any atom is 0.336 e. The molecule has 1 atom stereocenters. The molecule has 17 heavy (non-hydrogen) atoms. The van der Waals surface area contributed by atoms with Gasteiger partial charge < -0.3 is 9.15 Å². The molecule has 0 saturated heterocycles. The maximum absolute atomic E-state index is 11.1. The standard InChI is InChI=1S/C14H14O3/c1-8(2)11-6-10-5-9-3-4-14(15)17-12(9)7-13(10)16-11/h3-5,7-8,11H,6H2,1-2H3. The van der Waals surface area contributed by atoms with Gasteiger partial charge in [-0.2, -0.15) is 0 Å². The molecule has 1 aliphatic heterocycles. The summed E-state index contributed by atoms with van der Waals surface area (Å²) in [5, 5.41) is 0.955. The van der Waals surface area contributed by atoms with Crippen molar-refractivity contribution in [2.24, 2.45) is 5.92 Å². The Labute approximate surface area is 99.0 Å². The summed E-state index contributed by atoms with van der Waals surface area (Å²) in [6.07, 6.45) is 1.16. The van der Waals surface area contributed by atoms with Crippen molar-refractivity contribution in [2.45, 2.75) is 26.4 Å². The number of fused-ring (bicyclic) bond motifs is 2. The largest absolute Gasteiger partial charge is 0.489 e. The summed E-state index contributed by atoms with van der Waals surface area (Å²) in [4.78, 5) is 11.1. The fourth-order valence-electron chi connectivity index (χ4n) is 2.21. The molecule has 0 aliphatic carbocycles. The molecule has 3 heteroatoms. The SMILES string of the molecule is CC(C)C1Cc2cc3ccc(=O)oc3cc2O1. The van der Waals surface area contributed by atoms with Crippen molar-refractivity contribution in [3.63, 3.8) is 0 Å². The molecule has 1 unspecified atom stereocenters. The van der Waals surface area contributed by atoms with Crippen molar-refractivity contribution in [2.75, 3.05) is 0 Å². The molecule has 3 rings (SSSR count). The first-order chi connectivity index (χ1) is 8.13. The predicted octanol–water partition coefficient (Wildman–Crippen LogP) is 2.75. The average Bonchev–Trinajstić information content (AvgIpc) is 2.68. The zero-order valence-electron chi connectivity index (χ0n) is 9.90. The monoisotopic (exact) mass is 230 g/mol. The van der Waals surface area contributed by atoms with Crippen LogP contribution in [0.2, 0.25) is 0 Å². The summed E-state index contributed by atoms with van der Waals surface area (Å²) in [5.41, 5.74) is 1.47. The molecule has 2 aromatic rings. The Hall–Kier alpha value is -1.77. The second-order valence-electron chi connectivity index (χ2n) is 4.86. The molecule has 0 spiro atoms. The van der Waals surface area contributed by atoms with E-state index >= 15 is 0 Å². The number of benzene rings is 1. The van der Waals surface area contributed by atoms with E-state index in [2.05, 4.69) is 19.9 Å². The molecule has 0 fully saturated rings. The van der Waals surface area contributed by atoms with Crippen LogP contribution in [-0.4, -0.2) is 6.10 Å². The molecule has 3 nitrogen and oxygen atoms in total. The van der Waals surface area contributed by atoms with Gasteiger partial charge in [0.1, 0.15) is 17.4 Å². The minimum absolute atomic E-state index is 0.230. The van der Waals surface area contributed by atoms with Gasteiger partial charge in [-0.25, -0.2) is 4.79 Å². The first kappa shape index (κ1) is 10.4. The third kappa shape index (κ3) is 1.71. The van der Waals surface area contributed by atoms with Crippen molar-refractivity contribution in [3.8, 4) is 5.75 Å². The van der Waals surface area contributed by atoms with Gasteiger partial charge in [-0.1, -0.05) is 13.8 Å². The lowest BCUT2D eigenvalue weighted by Gasteiger charge is -2.13. The van der Waals surface area contributed by atoms with Gasteiger partial charge in [-0.15, -0.1) is 0 Å². The number of hydrogen-bond acceptors (Lipinski definition) is 3. The highest BCUT2D eigenvalue weighted by Gasteiger charge is 2.26. The van der Waals surface area contributed by atoms with Crippen molar-refractivity contribution < 1.29 is 9.15 Å². The van der Waals surface area contributed by atoms with E-state index in [9.17, 15) is 4.79 Å². The van der Waals surface area contributed by atoms with Crippen LogP contribution < -0.4 is 10.4 Å². The fraction of sp³-hybridized carbons (Fsp3) is 0.357. The average molecular weight is 230 g/mol. The minimum atomic E-state index is -0.323. The van der Waals surface area contributed by atoms with Gasteiger partial charge in [-0.05, 0) is 23.6 Å². The summed E-state index contributed by atoms with van der Waals surface area (Å²) in [6, 6.07) is 7.12. The quantitative estimate of drug-likeness (QED) is 0.707. The van der Waals surface area contributed by atoms with Gasteiger partial charge in [0.2, 0.25) is 0 Å². The molecule has 0 bridgehead atoms. The second-order valence-corrected chi connectivity index (χ2v) is 4.86. The molecule has 1 aromatic heterocycles. The molecule has 88 valence electrons. The van der Waals surface area contributed by atoms with Crippen LogP contribution in [0, 0.1) is 5.92 Å². The van der Waals surface area contributed by atoms with E-state index in [-0.39, 0.29) is 11.7 Å². The lowest BCUT2D eigenvalue weighted by atomic mass is 10.0. The molecule has 0 N–H and O–H groups in total. The molecular weight excluding hydrogens is 216 g/mol. The van der Waals surface area contributed by atoms with E-state index in [0.29, 0.717) is 11.5 Å². The van der Waals surface area contributed by atoms with Crippen molar-refractivity contribution in [3.05, 3.63) is 40.2 Å². The van der Waals surface area contributed by atoms with E-state index < -0.39 is 0 Å². The summed E-state index contributed by atoms with van der Waals surface area (Å²) >= 11 is 0. The fourth-order valence-corrected chi connectivity index (χ4v) is 2.21. The normalized spacial score (nSPS) is 18.4. The van der Waals surface area contributed by atoms with E-state index in [0.717, 1.165) is 17.6 Å². The third-order valence-electron chi connectivity index (χ3n) is 3.25. The zero-order valence-corrected chi connectivity index (χ0v) is 9.90. The Morgan fingerprint density at radius 2 is 2.12 bits per heavy atom. The minimum Gasteiger partial charge on any atom is -0.489 e. The summed E-state index contributed by atoms with van der Waals surface area (Å²) in [7, 11) is 0. The Morgan fingerprint density at radius 1 is 1.29 bits per heavy atom. The molecule has 0 radical (unpaired) electrons. The zero-order chi connectivity index (χ0) is 12.0. The summed E-state index contributed by atoms with van der Waals surface area (Å²) < 4.78 is 11.0. The maximum atomic E-state index is 11.1. The molecule has 1 aliphatic rings. The highest BCUT2D eigenvalue weighted by Crippen LogP contribution is 2.34. The first-order valence-corrected chi connectivity index (χ1v) is 5.87. The van der Waals surface area contributed by atoms with Crippen molar-refractivity contribution in [1.82, 2.24) is 0 Å². The highest BCUT2D eigenvalue weighted by atomic mass is 16.5.